The van der Waals surface area contributed by atoms with Gasteiger partial charge in [-0.1, -0.05) is 23.4 Å². The molecule has 118 valence electrons. The highest BCUT2D eigenvalue weighted by molar-refractivity contribution is 7.99. The Hall–Kier alpha value is -1.57. The van der Waals surface area contributed by atoms with Gasteiger partial charge >= 0.3 is 0 Å². The molecular weight excluding hydrogens is 324 g/mol. The van der Waals surface area contributed by atoms with Crippen LogP contribution in [0.15, 0.2) is 29.4 Å². The largest absolute Gasteiger partial charge is 0.383 e. The summed E-state index contributed by atoms with van der Waals surface area (Å²) in [7, 11) is 3.25. The van der Waals surface area contributed by atoms with Gasteiger partial charge in [0.15, 0.2) is 11.0 Å². The van der Waals surface area contributed by atoms with Gasteiger partial charge in [0.2, 0.25) is 5.91 Å². The first-order valence-corrected chi connectivity index (χ1v) is 8.03. The number of hydrogen-bond acceptors (Lipinski definition) is 5. The summed E-state index contributed by atoms with van der Waals surface area (Å²) in [5.74, 6) is 0.967. The third-order valence-corrected chi connectivity index (χ3v) is 4.17. The molecule has 0 saturated heterocycles. The van der Waals surface area contributed by atoms with Crippen LogP contribution in [0.25, 0.3) is 11.4 Å². The fourth-order valence-electron chi connectivity index (χ4n) is 1.79. The Kier molecular flexibility index (Phi) is 6.23. The number of thioether (sulfide) groups is 1. The minimum absolute atomic E-state index is 0.0562. The highest BCUT2D eigenvalue weighted by Crippen LogP contribution is 2.25. The topological polar surface area (TPSA) is 69.0 Å². The van der Waals surface area contributed by atoms with Crippen molar-refractivity contribution >= 4 is 29.3 Å². The van der Waals surface area contributed by atoms with Crippen molar-refractivity contribution in [3.8, 4) is 11.4 Å². The number of aromatic nitrogens is 3. The molecule has 1 amide bonds. The molecule has 1 heterocycles. The van der Waals surface area contributed by atoms with E-state index < -0.39 is 0 Å². The number of nitrogens with one attached hydrogen (secondary N) is 1. The van der Waals surface area contributed by atoms with E-state index >= 15 is 0 Å². The second-order valence-corrected chi connectivity index (χ2v) is 5.80. The number of methoxy groups -OCH3 is 1. The summed E-state index contributed by atoms with van der Waals surface area (Å²) in [6.07, 6.45) is 0. The molecule has 1 aromatic heterocycles. The van der Waals surface area contributed by atoms with Crippen LogP contribution in [0.2, 0.25) is 5.02 Å². The molecule has 6 nitrogen and oxygen atoms in total. The summed E-state index contributed by atoms with van der Waals surface area (Å²) in [6.45, 7) is 1.14. The smallest absolute Gasteiger partial charge is 0.230 e. The van der Waals surface area contributed by atoms with Crippen LogP contribution >= 0.6 is 23.4 Å². The Balaban J connectivity index is 2.27. The summed E-state index contributed by atoms with van der Waals surface area (Å²) in [6, 6.07) is 7.40. The molecule has 0 aliphatic heterocycles. The Labute approximate surface area is 138 Å². The molecule has 1 aromatic carbocycles. The zero-order chi connectivity index (χ0) is 15.9. The van der Waals surface area contributed by atoms with E-state index in [1.165, 1.54) is 11.8 Å². The summed E-state index contributed by atoms with van der Waals surface area (Å²) < 4.78 is 7.09. The molecule has 0 bridgehead atoms. The number of carbonyl (C=O) groups is 1. The van der Waals surface area contributed by atoms with Gasteiger partial charge < -0.3 is 10.1 Å². The third kappa shape index (κ3) is 4.22. The van der Waals surface area contributed by atoms with Gasteiger partial charge in [0, 0.05) is 24.7 Å². The third-order valence-electron chi connectivity index (χ3n) is 2.95. The van der Waals surface area contributed by atoms with Crippen molar-refractivity contribution < 1.29 is 9.53 Å². The number of carbonyl (C=O) groups excluding carboxylic acids is 1. The first-order chi connectivity index (χ1) is 10.7. The lowest BCUT2D eigenvalue weighted by molar-refractivity contribution is -0.118. The second-order valence-electron chi connectivity index (χ2n) is 4.42. The second kappa shape index (κ2) is 8.17. The van der Waals surface area contributed by atoms with Gasteiger partial charge in [-0.25, -0.2) is 0 Å². The molecule has 0 radical (unpaired) electrons. The van der Waals surface area contributed by atoms with Gasteiger partial charge in [-0.2, -0.15) is 0 Å². The minimum Gasteiger partial charge on any atom is -0.383 e. The minimum atomic E-state index is -0.0562. The van der Waals surface area contributed by atoms with Crippen molar-refractivity contribution in [2.45, 2.75) is 11.7 Å². The summed E-state index contributed by atoms with van der Waals surface area (Å²) >= 11 is 7.26. The van der Waals surface area contributed by atoms with E-state index in [0.29, 0.717) is 29.1 Å². The molecule has 0 aliphatic carbocycles. The number of benzene rings is 1. The average molecular weight is 341 g/mol. The maximum Gasteiger partial charge on any atom is 0.230 e. The van der Waals surface area contributed by atoms with Crippen LogP contribution < -0.4 is 5.32 Å². The summed E-state index contributed by atoms with van der Waals surface area (Å²) in [5.41, 5.74) is 0.916. The van der Waals surface area contributed by atoms with E-state index in [1.807, 2.05) is 28.8 Å². The molecule has 2 aromatic rings. The predicted molar refractivity (Wildman–Crippen MR) is 87.1 cm³/mol. The SMILES string of the molecule is CNC(=O)CSc1nnc(-c2ccc(Cl)cc2)n1CCOC. The number of rotatable bonds is 7. The summed E-state index contributed by atoms with van der Waals surface area (Å²) in [4.78, 5) is 11.4. The maximum absolute atomic E-state index is 11.4. The standard InChI is InChI=1S/C14H17ClN4O2S/c1-16-12(20)9-22-14-18-17-13(19(14)7-8-21-2)10-3-5-11(15)6-4-10/h3-6H,7-9H2,1-2H3,(H,16,20). The van der Waals surface area contributed by atoms with Crippen LogP contribution in [-0.2, 0) is 16.1 Å². The monoisotopic (exact) mass is 340 g/mol. The van der Waals surface area contributed by atoms with Crippen molar-refractivity contribution in [3.05, 3.63) is 29.3 Å². The van der Waals surface area contributed by atoms with E-state index in [2.05, 4.69) is 15.5 Å². The first-order valence-electron chi connectivity index (χ1n) is 6.67. The van der Waals surface area contributed by atoms with Crippen LogP contribution in [0.3, 0.4) is 0 Å². The lowest BCUT2D eigenvalue weighted by Crippen LogP contribution is -2.20. The Bertz CT molecular complexity index is 630. The van der Waals surface area contributed by atoms with Crippen LogP contribution in [-0.4, -0.2) is 47.2 Å². The van der Waals surface area contributed by atoms with Gasteiger partial charge in [-0.15, -0.1) is 10.2 Å². The molecule has 0 fully saturated rings. The lowest BCUT2D eigenvalue weighted by Gasteiger charge is -2.09. The van der Waals surface area contributed by atoms with Crippen molar-refractivity contribution in [2.24, 2.45) is 0 Å². The zero-order valence-corrected chi connectivity index (χ0v) is 13.9. The normalized spacial score (nSPS) is 10.7. The van der Waals surface area contributed by atoms with Gasteiger partial charge in [0.1, 0.15) is 0 Å². The molecule has 22 heavy (non-hydrogen) atoms. The highest BCUT2D eigenvalue weighted by Gasteiger charge is 2.15. The molecule has 0 aliphatic rings. The van der Waals surface area contributed by atoms with Gasteiger partial charge in [-0.3, -0.25) is 9.36 Å². The molecule has 0 spiro atoms. The number of amides is 1. The van der Waals surface area contributed by atoms with Gasteiger partial charge in [0.25, 0.3) is 0 Å². The summed E-state index contributed by atoms with van der Waals surface area (Å²) in [5, 5.41) is 12.4. The molecule has 8 heteroatoms. The molecular formula is C14H17ClN4O2S. The van der Waals surface area contributed by atoms with Gasteiger partial charge in [-0.05, 0) is 24.3 Å². The Morgan fingerprint density at radius 2 is 2.09 bits per heavy atom. The van der Waals surface area contributed by atoms with Crippen LogP contribution in [0.5, 0.6) is 0 Å². The van der Waals surface area contributed by atoms with Crippen molar-refractivity contribution in [3.63, 3.8) is 0 Å². The first kappa shape index (κ1) is 16.8. The molecule has 2 rings (SSSR count). The Morgan fingerprint density at radius 3 is 2.73 bits per heavy atom. The van der Waals surface area contributed by atoms with Crippen LogP contribution in [0, 0.1) is 0 Å². The molecule has 0 saturated carbocycles. The fourth-order valence-corrected chi connectivity index (χ4v) is 2.76. The van der Waals surface area contributed by atoms with Crippen molar-refractivity contribution in [1.82, 2.24) is 20.1 Å². The van der Waals surface area contributed by atoms with E-state index in [4.69, 9.17) is 16.3 Å². The van der Waals surface area contributed by atoms with Gasteiger partial charge in [0.05, 0.1) is 18.9 Å². The van der Waals surface area contributed by atoms with E-state index in [9.17, 15) is 4.79 Å². The molecule has 0 unspecified atom stereocenters. The molecule has 1 N–H and O–H groups in total. The number of hydrogen-bond donors (Lipinski definition) is 1. The van der Waals surface area contributed by atoms with Crippen LogP contribution in [0.1, 0.15) is 0 Å². The van der Waals surface area contributed by atoms with E-state index in [0.717, 1.165) is 11.4 Å². The highest BCUT2D eigenvalue weighted by atomic mass is 35.5. The van der Waals surface area contributed by atoms with E-state index in [1.54, 1.807) is 14.2 Å². The maximum atomic E-state index is 11.4. The number of ether oxygens (including phenoxy) is 1. The van der Waals surface area contributed by atoms with Crippen molar-refractivity contribution in [1.29, 1.82) is 0 Å². The van der Waals surface area contributed by atoms with E-state index in [-0.39, 0.29) is 5.91 Å². The van der Waals surface area contributed by atoms with Crippen molar-refractivity contribution in [2.75, 3.05) is 26.5 Å². The van der Waals surface area contributed by atoms with Crippen LogP contribution in [0.4, 0.5) is 0 Å². The lowest BCUT2D eigenvalue weighted by atomic mass is 10.2. The zero-order valence-electron chi connectivity index (χ0n) is 12.4. The Morgan fingerprint density at radius 1 is 1.36 bits per heavy atom. The average Bonchev–Trinajstić information content (AvgIpc) is 2.94. The quantitative estimate of drug-likeness (QED) is 0.781. The predicted octanol–water partition coefficient (Wildman–Crippen LogP) is 2.08. The molecule has 0 atom stereocenters. The number of nitrogens with zero attached hydrogens (tertiary/aromatic N) is 3. The fraction of sp³-hybridized carbons (Fsp3) is 0.357. The number of halogens is 1.